The van der Waals surface area contributed by atoms with Crippen molar-refractivity contribution in [2.45, 2.75) is 44.4 Å². The Labute approximate surface area is 116 Å². The number of piperidine rings is 1. The summed E-state index contributed by atoms with van der Waals surface area (Å²) >= 11 is 0. The maximum Gasteiger partial charge on any atom is 0.223 e. The molecule has 3 atom stereocenters. The molecule has 1 aromatic heterocycles. The van der Waals surface area contributed by atoms with E-state index in [9.17, 15) is 4.79 Å². The molecule has 2 aliphatic rings. The molecule has 1 aromatic carbocycles. The van der Waals surface area contributed by atoms with E-state index < -0.39 is 6.17 Å². The standard InChI is InChI=1S/C16H17FN2O/c1-9-16-14(10-5-2-3-6-11(10)18-16)15(17)12-7-4-8-13(20)19(9)12/h2-3,5-6,9,12,15,18H,4,7-8H2,1H3. The Morgan fingerprint density at radius 2 is 2.15 bits per heavy atom. The van der Waals surface area contributed by atoms with E-state index in [4.69, 9.17) is 0 Å². The molecule has 0 spiro atoms. The number of hydrogen-bond acceptors (Lipinski definition) is 1. The summed E-state index contributed by atoms with van der Waals surface area (Å²) in [6, 6.07) is 7.45. The second kappa shape index (κ2) is 4.08. The molecule has 0 radical (unpaired) electrons. The Hall–Kier alpha value is -1.84. The summed E-state index contributed by atoms with van der Waals surface area (Å²) in [7, 11) is 0. The second-order valence-corrected chi connectivity index (χ2v) is 5.84. The minimum atomic E-state index is -1.08. The zero-order valence-corrected chi connectivity index (χ0v) is 11.4. The van der Waals surface area contributed by atoms with Gasteiger partial charge in [-0.05, 0) is 25.8 Å². The van der Waals surface area contributed by atoms with E-state index in [1.54, 1.807) is 4.90 Å². The summed E-state index contributed by atoms with van der Waals surface area (Å²) < 4.78 is 15.0. The molecule has 0 aliphatic carbocycles. The van der Waals surface area contributed by atoms with Crippen molar-refractivity contribution < 1.29 is 9.18 Å². The van der Waals surface area contributed by atoms with E-state index in [-0.39, 0.29) is 18.0 Å². The lowest BCUT2D eigenvalue weighted by Crippen LogP contribution is -2.50. The monoisotopic (exact) mass is 272 g/mol. The first-order valence-electron chi connectivity index (χ1n) is 7.24. The number of nitrogens with zero attached hydrogens (tertiary/aromatic N) is 1. The number of carbonyl (C=O) groups excluding carboxylic acids is 1. The third-order valence-electron chi connectivity index (χ3n) is 4.76. The molecule has 1 fully saturated rings. The number of benzene rings is 1. The fraction of sp³-hybridized carbons (Fsp3) is 0.438. The van der Waals surface area contributed by atoms with Gasteiger partial charge in [0.15, 0.2) is 0 Å². The van der Waals surface area contributed by atoms with Crippen molar-refractivity contribution in [1.82, 2.24) is 9.88 Å². The molecule has 1 amide bonds. The van der Waals surface area contributed by atoms with E-state index in [0.29, 0.717) is 6.42 Å². The number of rotatable bonds is 0. The maximum absolute atomic E-state index is 15.0. The third kappa shape index (κ3) is 1.42. The molecule has 3 unspecified atom stereocenters. The first-order chi connectivity index (χ1) is 9.68. The lowest BCUT2D eigenvalue weighted by molar-refractivity contribution is -0.143. The fourth-order valence-electron chi connectivity index (χ4n) is 3.85. The van der Waals surface area contributed by atoms with Gasteiger partial charge in [-0.3, -0.25) is 4.79 Å². The number of carbonyl (C=O) groups is 1. The Balaban J connectivity index is 1.95. The maximum atomic E-state index is 15.0. The molecule has 104 valence electrons. The molecule has 4 rings (SSSR count). The van der Waals surface area contributed by atoms with Crippen LogP contribution in [0.5, 0.6) is 0 Å². The average Bonchev–Trinajstić information content (AvgIpc) is 2.84. The van der Waals surface area contributed by atoms with Gasteiger partial charge in [0.1, 0.15) is 6.17 Å². The van der Waals surface area contributed by atoms with Gasteiger partial charge >= 0.3 is 0 Å². The zero-order valence-electron chi connectivity index (χ0n) is 11.4. The third-order valence-corrected chi connectivity index (χ3v) is 4.76. The van der Waals surface area contributed by atoms with Crippen LogP contribution in [-0.4, -0.2) is 21.8 Å². The number of alkyl halides is 1. The van der Waals surface area contributed by atoms with Crippen LogP contribution in [0, 0.1) is 0 Å². The number of para-hydroxylation sites is 1. The van der Waals surface area contributed by atoms with Crippen LogP contribution < -0.4 is 0 Å². The van der Waals surface area contributed by atoms with Crippen molar-refractivity contribution >= 4 is 16.8 Å². The van der Waals surface area contributed by atoms with Crippen LogP contribution >= 0.6 is 0 Å². The zero-order chi connectivity index (χ0) is 13.9. The quantitative estimate of drug-likeness (QED) is 0.781. The summed E-state index contributed by atoms with van der Waals surface area (Å²) in [5.74, 6) is 0.0840. The fourth-order valence-corrected chi connectivity index (χ4v) is 3.85. The molecule has 2 aliphatic heterocycles. The van der Waals surface area contributed by atoms with Crippen molar-refractivity contribution in [2.24, 2.45) is 0 Å². The summed E-state index contributed by atoms with van der Waals surface area (Å²) in [4.78, 5) is 17.2. The predicted molar refractivity (Wildman–Crippen MR) is 75.0 cm³/mol. The number of nitrogens with one attached hydrogen (secondary N) is 1. The Morgan fingerprint density at radius 1 is 1.35 bits per heavy atom. The largest absolute Gasteiger partial charge is 0.356 e. The number of halogens is 1. The van der Waals surface area contributed by atoms with Crippen molar-refractivity contribution in [3.05, 3.63) is 35.5 Å². The van der Waals surface area contributed by atoms with Gasteiger partial charge in [-0.25, -0.2) is 4.39 Å². The van der Waals surface area contributed by atoms with E-state index in [1.807, 2.05) is 31.2 Å². The lowest BCUT2D eigenvalue weighted by atomic mass is 9.85. The number of fused-ring (bicyclic) bond motifs is 4. The molecule has 1 N–H and O–H groups in total. The van der Waals surface area contributed by atoms with Crippen molar-refractivity contribution in [1.29, 1.82) is 0 Å². The van der Waals surface area contributed by atoms with E-state index >= 15 is 4.39 Å². The van der Waals surface area contributed by atoms with Crippen LogP contribution in [0.3, 0.4) is 0 Å². The van der Waals surface area contributed by atoms with Gasteiger partial charge in [-0.1, -0.05) is 18.2 Å². The van der Waals surface area contributed by atoms with E-state index in [1.165, 1.54) is 0 Å². The highest BCUT2D eigenvalue weighted by Crippen LogP contribution is 2.47. The van der Waals surface area contributed by atoms with Gasteiger partial charge in [0.2, 0.25) is 5.91 Å². The van der Waals surface area contributed by atoms with Crippen LogP contribution in [0.15, 0.2) is 24.3 Å². The normalized spacial score (nSPS) is 29.4. The summed E-state index contributed by atoms with van der Waals surface area (Å²) in [5.41, 5.74) is 2.59. The first-order valence-corrected chi connectivity index (χ1v) is 7.24. The highest BCUT2D eigenvalue weighted by atomic mass is 19.1. The van der Waals surface area contributed by atoms with Gasteiger partial charge < -0.3 is 9.88 Å². The molecular weight excluding hydrogens is 255 g/mol. The number of H-pyrrole nitrogens is 1. The number of aromatic amines is 1. The van der Waals surface area contributed by atoms with Gasteiger partial charge in [-0.2, -0.15) is 0 Å². The van der Waals surface area contributed by atoms with Gasteiger partial charge in [-0.15, -0.1) is 0 Å². The average molecular weight is 272 g/mol. The number of hydrogen-bond donors (Lipinski definition) is 1. The summed E-state index contributed by atoms with van der Waals surface area (Å²) in [6.45, 7) is 2.00. The molecule has 3 nitrogen and oxygen atoms in total. The molecule has 0 saturated carbocycles. The van der Waals surface area contributed by atoms with Gasteiger partial charge in [0.05, 0.1) is 12.1 Å². The van der Waals surface area contributed by atoms with Crippen molar-refractivity contribution in [3.63, 3.8) is 0 Å². The number of aromatic nitrogens is 1. The minimum absolute atomic E-state index is 0.0674. The van der Waals surface area contributed by atoms with Crippen LogP contribution in [0.1, 0.15) is 49.7 Å². The highest BCUT2D eigenvalue weighted by Gasteiger charge is 2.45. The van der Waals surface area contributed by atoms with Crippen molar-refractivity contribution in [3.8, 4) is 0 Å². The molecular formula is C16H17FN2O. The van der Waals surface area contributed by atoms with Crippen LogP contribution in [0.2, 0.25) is 0 Å². The predicted octanol–water partition coefficient (Wildman–Crippen LogP) is 3.63. The smallest absolute Gasteiger partial charge is 0.223 e. The van der Waals surface area contributed by atoms with Gasteiger partial charge in [0.25, 0.3) is 0 Å². The Morgan fingerprint density at radius 3 is 3.00 bits per heavy atom. The minimum Gasteiger partial charge on any atom is -0.356 e. The molecule has 2 aromatic rings. The van der Waals surface area contributed by atoms with E-state index in [0.717, 1.165) is 35.0 Å². The van der Waals surface area contributed by atoms with Gasteiger partial charge in [0, 0.05) is 28.6 Å². The second-order valence-electron chi connectivity index (χ2n) is 5.84. The van der Waals surface area contributed by atoms with Crippen molar-refractivity contribution in [2.75, 3.05) is 0 Å². The van der Waals surface area contributed by atoms with E-state index in [2.05, 4.69) is 4.98 Å². The Bertz CT molecular complexity index is 693. The molecule has 3 heterocycles. The molecule has 20 heavy (non-hydrogen) atoms. The first kappa shape index (κ1) is 11.9. The topological polar surface area (TPSA) is 36.1 Å². The summed E-state index contributed by atoms with van der Waals surface area (Å²) in [6.07, 6.45) is 1.02. The van der Waals surface area contributed by atoms with Crippen LogP contribution in [-0.2, 0) is 4.79 Å². The van der Waals surface area contributed by atoms with Crippen LogP contribution in [0.25, 0.3) is 10.9 Å². The number of amides is 1. The highest BCUT2D eigenvalue weighted by molar-refractivity contribution is 5.87. The Kier molecular flexibility index (Phi) is 2.43. The molecule has 4 heteroatoms. The molecule has 0 bridgehead atoms. The molecule has 1 saturated heterocycles. The van der Waals surface area contributed by atoms with Crippen LogP contribution in [0.4, 0.5) is 4.39 Å². The summed E-state index contributed by atoms with van der Waals surface area (Å²) in [5, 5.41) is 0.958. The SMILES string of the molecule is CC1c2[nH]c3ccccc3c2C(F)C2CCCC(=O)N12. The lowest BCUT2D eigenvalue weighted by Gasteiger charge is -2.45.